The van der Waals surface area contributed by atoms with Gasteiger partial charge in [0.15, 0.2) is 0 Å². The zero-order chi connectivity index (χ0) is 23.6. The zero-order valence-electron chi connectivity index (χ0n) is 17.5. The van der Waals surface area contributed by atoms with E-state index < -0.39 is 16.9 Å². The van der Waals surface area contributed by atoms with Gasteiger partial charge in [0, 0.05) is 37.4 Å². The number of hydrogen-bond acceptors (Lipinski definition) is 6. The predicted octanol–water partition coefficient (Wildman–Crippen LogP) is 4.00. The zero-order valence-corrected chi connectivity index (χ0v) is 19.1. The number of ether oxygens (including phenoxy) is 1. The molecule has 3 rings (SSSR count). The summed E-state index contributed by atoms with van der Waals surface area (Å²) in [5.41, 5.74) is -0.146. The molecule has 0 saturated heterocycles. The second-order valence-corrected chi connectivity index (χ2v) is 7.93. The number of hydrogen-bond donors (Lipinski definition) is 0. The number of rotatable bonds is 7. The third-order valence-electron chi connectivity index (χ3n) is 5.10. The lowest BCUT2D eigenvalue weighted by atomic mass is 10.1. The molecule has 0 aliphatic carbocycles. The Hall–Kier alpha value is -3.01. The van der Waals surface area contributed by atoms with Crippen LogP contribution in [0.3, 0.4) is 0 Å². The summed E-state index contributed by atoms with van der Waals surface area (Å²) in [6.45, 7) is 2.10. The molecule has 0 radical (unpaired) electrons. The molecule has 1 aromatic heterocycles. The first kappa shape index (κ1) is 23.6. The van der Waals surface area contributed by atoms with Crippen molar-refractivity contribution >= 4 is 45.7 Å². The smallest absolute Gasteiger partial charge is 0.288 e. The highest BCUT2D eigenvalue weighted by molar-refractivity contribution is 6.32. The Morgan fingerprint density at radius 1 is 1.28 bits per heavy atom. The quantitative estimate of drug-likeness (QED) is 0.375. The van der Waals surface area contributed by atoms with Gasteiger partial charge in [-0.3, -0.25) is 24.3 Å². The fraction of sp³-hybridized carbons (Fsp3) is 0.286. The number of fused-ring (bicyclic) bond motifs is 1. The van der Waals surface area contributed by atoms with Crippen molar-refractivity contribution in [2.45, 2.75) is 13.0 Å². The van der Waals surface area contributed by atoms with Crippen LogP contribution in [0.1, 0.15) is 29.1 Å². The van der Waals surface area contributed by atoms with Gasteiger partial charge in [0.1, 0.15) is 10.8 Å². The van der Waals surface area contributed by atoms with E-state index in [0.29, 0.717) is 21.7 Å². The van der Waals surface area contributed by atoms with Crippen molar-refractivity contribution in [1.29, 1.82) is 0 Å². The van der Waals surface area contributed by atoms with Gasteiger partial charge in [0.25, 0.3) is 17.2 Å². The topological polar surface area (TPSA) is 108 Å². The summed E-state index contributed by atoms with van der Waals surface area (Å²) in [5.74, 6) is -0.141. The minimum atomic E-state index is -0.651. The largest absolute Gasteiger partial charge is 0.383 e. The SMILES string of the molecule is COCCN(C(=O)c1ccc(Cl)c([N+](=O)[O-])c1)C(C)c1nc2ccc(Cl)cc2c(=O)n1C. The maximum absolute atomic E-state index is 13.3. The summed E-state index contributed by atoms with van der Waals surface area (Å²) >= 11 is 11.9. The molecule has 0 fully saturated rings. The second kappa shape index (κ2) is 9.64. The first-order chi connectivity index (χ1) is 15.1. The summed E-state index contributed by atoms with van der Waals surface area (Å²) in [4.78, 5) is 42.8. The lowest BCUT2D eigenvalue weighted by Crippen LogP contribution is -2.39. The summed E-state index contributed by atoms with van der Waals surface area (Å²) in [6.07, 6.45) is 0. The van der Waals surface area contributed by atoms with Crippen LogP contribution in [0.15, 0.2) is 41.2 Å². The highest BCUT2D eigenvalue weighted by Crippen LogP contribution is 2.28. The minimum absolute atomic E-state index is 0.0692. The molecule has 0 spiro atoms. The molecule has 0 aliphatic heterocycles. The molecular weight excluding hydrogens is 459 g/mol. The molecule has 1 unspecified atom stereocenters. The Morgan fingerprint density at radius 2 is 2.00 bits per heavy atom. The maximum atomic E-state index is 13.3. The number of amides is 1. The predicted molar refractivity (Wildman–Crippen MR) is 121 cm³/mol. The van der Waals surface area contributed by atoms with E-state index in [9.17, 15) is 19.7 Å². The average molecular weight is 479 g/mol. The van der Waals surface area contributed by atoms with E-state index in [1.807, 2.05) is 0 Å². The summed E-state index contributed by atoms with van der Waals surface area (Å²) in [5, 5.41) is 11.9. The van der Waals surface area contributed by atoms with Gasteiger partial charge in [-0.15, -0.1) is 0 Å². The molecule has 0 saturated carbocycles. The normalized spacial score (nSPS) is 12.0. The van der Waals surface area contributed by atoms with Gasteiger partial charge in [-0.05, 0) is 37.3 Å². The lowest BCUT2D eigenvalue weighted by Gasteiger charge is -2.30. The number of nitro benzene ring substituents is 1. The van der Waals surface area contributed by atoms with Crippen LogP contribution in [-0.4, -0.2) is 45.5 Å². The molecule has 3 aromatic rings. The summed E-state index contributed by atoms with van der Waals surface area (Å²) in [6, 6.07) is 8.02. The van der Waals surface area contributed by atoms with Gasteiger partial charge in [0.05, 0.1) is 28.5 Å². The Balaban J connectivity index is 2.08. The van der Waals surface area contributed by atoms with Crippen molar-refractivity contribution in [3.8, 4) is 0 Å². The fourth-order valence-electron chi connectivity index (χ4n) is 3.39. The Labute approximate surface area is 193 Å². The fourth-order valence-corrected chi connectivity index (χ4v) is 3.74. The summed E-state index contributed by atoms with van der Waals surface area (Å²) in [7, 11) is 3.06. The molecular formula is C21H20Cl2N4O5. The van der Waals surface area contributed by atoms with Crippen LogP contribution in [0.2, 0.25) is 10.0 Å². The van der Waals surface area contributed by atoms with Gasteiger partial charge in [-0.1, -0.05) is 23.2 Å². The van der Waals surface area contributed by atoms with Gasteiger partial charge in [-0.2, -0.15) is 0 Å². The second-order valence-electron chi connectivity index (χ2n) is 7.09. The van der Waals surface area contributed by atoms with Crippen LogP contribution in [0.4, 0.5) is 5.69 Å². The number of nitro groups is 1. The molecule has 168 valence electrons. The van der Waals surface area contributed by atoms with Gasteiger partial charge < -0.3 is 9.64 Å². The Kier molecular flexibility index (Phi) is 7.12. The number of benzene rings is 2. The van der Waals surface area contributed by atoms with E-state index in [1.54, 1.807) is 32.2 Å². The Morgan fingerprint density at radius 3 is 2.66 bits per heavy atom. The number of halogens is 2. The van der Waals surface area contributed by atoms with Gasteiger partial charge in [-0.25, -0.2) is 4.98 Å². The van der Waals surface area contributed by atoms with E-state index in [2.05, 4.69) is 4.98 Å². The van der Waals surface area contributed by atoms with E-state index in [4.69, 9.17) is 27.9 Å². The molecule has 1 heterocycles. The lowest BCUT2D eigenvalue weighted by molar-refractivity contribution is -0.384. The van der Waals surface area contributed by atoms with E-state index >= 15 is 0 Å². The van der Waals surface area contributed by atoms with Crippen LogP contribution < -0.4 is 5.56 Å². The number of aromatic nitrogens is 2. The highest BCUT2D eigenvalue weighted by Gasteiger charge is 2.28. The van der Waals surface area contributed by atoms with E-state index in [0.717, 1.165) is 6.07 Å². The monoisotopic (exact) mass is 478 g/mol. The van der Waals surface area contributed by atoms with Crippen molar-refractivity contribution in [2.75, 3.05) is 20.3 Å². The van der Waals surface area contributed by atoms with E-state index in [-0.39, 0.29) is 35.0 Å². The van der Waals surface area contributed by atoms with Crippen LogP contribution in [-0.2, 0) is 11.8 Å². The number of carbonyl (C=O) groups excluding carboxylic acids is 1. The molecule has 1 amide bonds. The number of carbonyl (C=O) groups is 1. The first-order valence-electron chi connectivity index (χ1n) is 9.55. The molecule has 2 aromatic carbocycles. The molecule has 9 nitrogen and oxygen atoms in total. The van der Waals surface area contributed by atoms with Crippen LogP contribution in [0.5, 0.6) is 0 Å². The van der Waals surface area contributed by atoms with Crippen molar-refractivity contribution < 1.29 is 14.5 Å². The average Bonchev–Trinajstić information content (AvgIpc) is 2.76. The van der Waals surface area contributed by atoms with Gasteiger partial charge >= 0.3 is 0 Å². The van der Waals surface area contributed by atoms with Crippen molar-refractivity contribution in [3.63, 3.8) is 0 Å². The molecule has 11 heteroatoms. The molecule has 0 N–H and O–H groups in total. The third-order valence-corrected chi connectivity index (χ3v) is 5.66. The van der Waals surface area contributed by atoms with Crippen molar-refractivity contribution in [2.24, 2.45) is 7.05 Å². The van der Waals surface area contributed by atoms with Crippen LogP contribution >= 0.6 is 23.2 Å². The van der Waals surface area contributed by atoms with Crippen LogP contribution in [0.25, 0.3) is 10.9 Å². The molecule has 0 bridgehead atoms. The van der Waals surface area contributed by atoms with Crippen molar-refractivity contribution in [1.82, 2.24) is 14.5 Å². The van der Waals surface area contributed by atoms with Crippen LogP contribution in [0, 0.1) is 10.1 Å². The minimum Gasteiger partial charge on any atom is -0.383 e. The molecule has 32 heavy (non-hydrogen) atoms. The number of methoxy groups -OCH3 is 1. The maximum Gasteiger partial charge on any atom is 0.288 e. The molecule has 1 atom stereocenters. The van der Waals surface area contributed by atoms with Crippen molar-refractivity contribution in [3.05, 3.63) is 78.3 Å². The van der Waals surface area contributed by atoms with Gasteiger partial charge in [0.2, 0.25) is 0 Å². The van der Waals surface area contributed by atoms with E-state index in [1.165, 1.54) is 28.7 Å². The Bertz CT molecular complexity index is 1260. The highest BCUT2D eigenvalue weighted by atomic mass is 35.5. The summed E-state index contributed by atoms with van der Waals surface area (Å²) < 4.78 is 6.50. The third kappa shape index (κ3) is 4.59. The first-order valence-corrected chi connectivity index (χ1v) is 10.3. The molecule has 0 aliphatic rings. The standard InChI is InChI=1S/C21H20Cl2N4O5/c1-12(19-24-17-7-5-14(22)11-15(17)21(29)25(19)2)26(8-9-32-3)20(28)13-4-6-16(23)18(10-13)27(30)31/h4-7,10-12H,8-9H2,1-3H3. The number of nitrogens with zero attached hydrogens (tertiary/aromatic N) is 4.